The summed E-state index contributed by atoms with van der Waals surface area (Å²) in [7, 11) is 0. The van der Waals surface area contributed by atoms with Gasteiger partial charge in [-0.15, -0.1) is 0 Å². The number of furan rings is 1. The third-order valence-corrected chi connectivity index (χ3v) is 10.1. The van der Waals surface area contributed by atoms with E-state index >= 15 is 0 Å². The van der Waals surface area contributed by atoms with Gasteiger partial charge in [0.15, 0.2) is 0 Å². The van der Waals surface area contributed by atoms with E-state index in [4.69, 9.17) is 13.9 Å². The van der Waals surface area contributed by atoms with Gasteiger partial charge in [-0.1, -0.05) is 84.9 Å². The Morgan fingerprint density at radius 1 is 0.388 bits per heavy atom. The molecule has 5 heteroatoms. The molecule has 9 aromatic rings. The molecule has 0 saturated carbocycles. The summed E-state index contributed by atoms with van der Waals surface area (Å²) in [6.45, 7) is -0.0561. The molecule has 49 heavy (non-hydrogen) atoms. The number of para-hydroxylation sites is 1. The van der Waals surface area contributed by atoms with Crippen molar-refractivity contribution < 1.29 is 13.9 Å². The molecule has 0 saturated heterocycles. The molecule has 8 aromatic carbocycles. The van der Waals surface area contributed by atoms with Gasteiger partial charge >= 0.3 is 0 Å². The van der Waals surface area contributed by atoms with Crippen LogP contribution in [0.1, 0.15) is 0 Å². The summed E-state index contributed by atoms with van der Waals surface area (Å²) < 4.78 is 19.9. The third-order valence-electron chi connectivity index (χ3n) is 10.1. The quantitative estimate of drug-likeness (QED) is 0.183. The number of hydrogen-bond acceptors (Lipinski definition) is 4. The van der Waals surface area contributed by atoms with Crippen molar-refractivity contribution in [2.24, 2.45) is 0 Å². The van der Waals surface area contributed by atoms with Crippen LogP contribution in [0.4, 0.5) is 17.1 Å². The first kappa shape index (κ1) is 26.6. The zero-order chi connectivity index (χ0) is 32.1. The molecule has 0 aliphatic carbocycles. The SMILES string of the molecule is c1ccc(N(c2ccc3ccccc3c2)c2ccc3c(c2)oc2cc4c(cc23)Oc2cccc3c2B4c2c(ccc4ccccc24)O3)cc1. The van der Waals surface area contributed by atoms with Crippen LogP contribution in [0.3, 0.4) is 0 Å². The molecule has 1 aromatic heterocycles. The van der Waals surface area contributed by atoms with E-state index in [0.717, 1.165) is 78.4 Å². The fraction of sp³-hybridized carbons (Fsp3) is 0. The van der Waals surface area contributed by atoms with E-state index in [1.54, 1.807) is 0 Å². The molecule has 4 nitrogen and oxygen atoms in total. The molecule has 0 bridgehead atoms. The minimum atomic E-state index is -0.0561. The van der Waals surface area contributed by atoms with Crippen molar-refractivity contribution in [3.8, 4) is 23.0 Å². The maximum absolute atomic E-state index is 6.74. The number of benzene rings is 8. The van der Waals surface area contributed by atoms with Crippen LogP contribution in [0.15, 0.2) is 162 Å². The number of rotatable bonds is 3. The van der Waals surface area contributed by atoms with Crippen molar-refractivity contribution in [2.45, 2.75) is 0 Å². The van der Waals surface area contributed by atoms with Crippen molar-refractivity contribution in [3.63, 3.8) is 0 Å². The van der Waals surface area contributed by atoms with Crippen LogP contribution in [-0.2, 0) is 0 Å². The molecular formula is C44H26BNO3. The largest absolute Gasteiger partial charge is 0.458 e. The summed E-state index contributed by atoms with van der Waals surface area (Å²) in [6.07, 6.45) is 0. The molecule has 11 rings (SSSR count). The summed E-state index contributed by atoms with van der Waals surface area (Å²) in [5, 5.41) is 6.86. The summed E-state index contributed by atoms with van der Waals surface area (Å²) in [5.74, 6) is 3.39. The molecule has 2 aliphatic heterocycles. The summed E-state index contributed by atoms with van der Waals surface area (Å²) in [5.41, 5.74) is 8.15. The molecule has 0 fully saturated rings. The first-order valence-corrected chi connectivity index (χ1v) is 16.6. The molecule has 2 aliphatic rings. The van der Waals surface area contributed by atoms with Crippen molar-refractivity contribution >= 4 is 83.6 Å². The second kappa shape index (κ2) is 10.0. The van der Waals surface area contributed by atoms with Gasteiger partial charge in [-0.05, 0) is 99.2 Å². The highest BCUT2D eigenvalue weighted by molar-refractivity contribution is 6.99. The van der Waals surface area contributed by atoms with Crippen LogP contribution in [0.25, 0.3) is 43.5 Å². The maximum Gasteiger partial charge on any atom is 0.261 e. The molecule has 0 amide bonds. The molecule has 0 spiro atoms. The number of hydrogen-bond donors (Lipinski definition) is 0. The van der Waals surface area contributed by atoms with Crippen LogP contribution in [-0.4, -0.2) is 6.71 Å². The Morgan fingerprint density at radius 2 is 1.06 bits per heavy atom. The molecule has 3 heterocycles. The highest BCUT2D eigenvalue weighted by Crippen LogP contribution is 2.42. The molecule has 0 radical (unpaired) electrons. The van der Waals surface area contributed by atoms with Gasteiger partial charge < -0.3 is 18.8 Å². The van der Waals surface area contributed by atoms with Gasteiger partial charge in [0.05, 0.1) is 0 Å². The minimum Gasteiger partial charge on any atom is -0.458 e. The first-order chi connectivity index (χ1) is 24.3. The van der Waals surface area contributed by atoms with Crippen LogP contribution in [0.2, 0.25) is 0 Å². The summed E-state index contributed by atoms with van der Waals surface area (Å²) in [4.78, 5) is 2.29. The van der Waals surface area contributed by atoms with Gasteiger partial charge in [-0.3, -0.25) is 0 Å². The minimum absolute atomic E-state index is 0.0561. The average Bonchev–Trinajstić information content (AvgIpc) is 3.51. The molecule has 0 N–H and O–H groups in total. The van der Waals surface area contributed by atoms with Crippen molar-refractivity contribution in [1.29, 1.82) is 0 Å². The standard InChI is InChI=1S/C44H26BNO3/c1-2-12-30(13-3-1)46(31-19-17-27-9-4-5-11-29(27)23-31)32-20-21-34-35-25-42-36(26-41(35)49-40(34)24-32)45-43-33-14-7-6-10-28(33)18-22-39(43)47-37-15-8-16-38(48-42)44(37)45/h1-26H. The van der Waals surface area contributed by atoms with Gasteiger partial charge in [-0.2, -0.15) is 0 Å². The van der Waals surface area contributed by atoms with Gasteiger partial charge in [0.2, 0.25) is 0 Å². The van der Waals surface area contributed by atoms with Gasteiger partial charge in [0, 0.05) is 39.4 Å². The van der Waals surface area contributed by atoms with Crippen LogP contribution < -0.4 is 30.8 Å². The number of ether oxygens (including phenoxy) is 2. The van der Waals surface area contributed by atoms with Crippen molar-refractivity contribution in [1.82, 2.24) is 0 Å². The van der Waals surface area contributed by atoms with Crippen molar-refractivity contribution in [2.75, 3.05) is 4.90 Å². The number of nitrogens with zero attached hydrogens (tertiary/aromatic N) is 1. The van der Waals surface area contributed by atoms with E-state index in [0.29, 0.717) is 0 Å². The highest BCUT2D eigenvalue weighted by atomic mass is 16.5. The lowest BCUT2D eigenvalue weighted by molar-refractivity contribution is 0.465. The first-order valence-electron chi connectivity index (χ1n) is 16.6. The Hall–Kier alpha value is -6.46. The van der Waals surface area contributed by atoms with Crippen LogP contribution >= 0.6 is 0 Å². The van der Waals surface area contributed by atoms with E-state index in [1.807, 2.05) is 18.2 Å². The van der Waals surface area contributed by atoms with Gasteiger partial charge in [-0.25, -0.2) is 0 Å². The second-order valence-electron chi connectivity index (χ2n) is 12.9. The van der Waals surface area contributed by atoms with Gasteiger partial charge in [0.1, 0.15) is 34.2 Å². The highest BCUT2D eigenvalue weighted by Gasteiger charge is 2.41. The fourth-order valence-corrected chi connectivity index (χ4v) is 7.94. The maximum atomic E-state index is 6.74. The Bertz CT molecular complexity index is 2810. The van der Waals surface area contributed by atoms with Crippen LogP contribution in [0.5, 0.6) is 23.0 Å². The van der Waals surface area contributed by atoms with Gasteiger partial charge in [0.25, 0.3) is 6.71 Å². The Labute approximate surface area is 282 Å². The van der Waals surface area contributed by atoms with Crippen LogP contribution in [0, 0.1) is 0 Å². The molecule has 228 valence electrons. The topological polar surface area (TPSA) is 34.8 Å². The second-order valence-corrected chi connectivity index (χ2v) is 12.9. The summed E-state index contributed by atoms with van der Waals surface area (Å²) >= 11 is 0. The predicted octanol–water partition coefficient (Wildman–Crippen LogP) is 10.1. The van der Waals surface area contributed by atoms with E-state index in [9.17, 15) is 0 Å². The monoisotopic (exact) mass is 627 g/mol. The Balaban J connectivity index is 1.10. The zero-order valence-electron chi connectivity index (χ0n) is 26.3. The Kier molecular flexibility index (Phi) is 5.44. The van der Waals surface area contributed by atoms with E-state index in [2.05, 4.69) is 144 Å². The fourth-order valence-electron chi connectivity index (χ4n) is 7.94. The lowest BCUT2D eigenvalue weighted by atomic mass is 9.34. The summed E-state index contributed by atoms with van der Waals surface area (Å²) in [6, 6.07) is 55.3. The predicted molar refractivity (Wildman–Crippen MR) is 201 cm³/mol. The average molecular weight is 628 g/mol. The molecule has 0 atom stereocenters. The number of anilines is 3. The smallest absolute Gasteiger partial charge is 0.261 e. The lowest BCUT2D eigenvalue weighted by Crippen LogP contribution is -2.57. The number of fused-ring (bicyclic) bond motifs is 10. The van der Waals surface area contributed by atoms with Crippen molar-refractivity contribution in [3.05, 3.63) is 158 Å². The zero-order valence-corrected chi connectivity index (χ0v) is 26.3. The third kappa shape index (κ3) is 3.93. The normalized spacial score (nSPS) is 12.8. The Morgan fingerprint density at radius 3 is 1.94 bits per heavy atom. The van der Waals surface area contributed by atoms with E-state index in [-0.39, 0.29) is 6.71 Å². The van der Waals surface area contributed by atoms with E-state index in [1.165, 1.54) is 21.5 Å². The lowest BCUT2D eigenvalue weighted by Gasteiger charge is -2.33. The van der Waals surface area contributed by atoms with E-state index < -0.39 is 0 Å². The molecule has 0 unspecified atom stereocenters. The molecular weight excluding hydrogens is 601 g/mol.